The van der Waals surface area contributed by atoms with Crippen LogP contribution in [0.3, 0.4) is 0 Å². The van der Waals surface area contributed by atoms with Crippen LogP contribution in [0.2, 0.25) is 5.82 Å². The maximum absolute atomic E-state index is 10.5. The first-order valence-electron chi connectivity index (χ1n) is 3.02. The molecule has 50 valence electrons. The lowest BCUT2D eigenvalue weighted by atomic mass is 9.55. The van der Waals surface area contributed by atoms with Gasteiger partial charge in [0.2, 0.25) is 0 Å². The van der Waals surface area contributed by atoms with Crippen LogP contribution in [0.25, 0.3) is 0 Å². The van der Waals surface area contributed by atoms with Crippen molar-refractivity contribution in [3.8, 4) is 0 Å². The van der Waals surface area contributed by atoms with Crippen molar-refractivity contribution in [3.63, 3.8) is 0 Å². The number of carbonyl (C=O) groups is 1. The number of hydrogen-bond acceptors (Lipinski definition) is 3. The van der Waals surface area contributed by atoms with E-state index in [9.17, 15) is 4.79 Å². The quantitative estimate of drug-likeness (QED) is 0.465. The van der Waals surface area contributed by atoms with Gasteiger partial charge >= 0.3 is 7.12 Å². The minimum Gasteiger partial charge on any atom is -0.427 e. The highest BCUT2D eigenvalue weighted by Crippen LogP contribution is 2.36. The van der Waals surface area contributed by atoms with E-state index in [4.69, 9.17) is 10.0 Å². The molecule has 0 radical (unpaired) electrons. The lowest BCUT2D eigenvalue weighted by molar-refractivity contribution is -0.128. The standard InChI is InChI=1S/C5H9BO3/c1-3-4(6(8)9)2-5(3)7/h3-4,8-9H,2H2,1H3. The maximum atomic E-state index is 10.5. The molecule has 0 aromatic carbocycles. The van der Waals surface area contributed by atoms with E-state index in [-0.39, 0.29) is 17.5 Å². The summed E-state index contributed by atoms with van der Waals surface area (Å²) in [4.78, 5) is 10.5. The van der Waals surface area contributed by atoms with Gasteiger partial charge in [0.15, 0.2) is 0 Å². The Hall–Kier alpha value is -0.345. The van der Waals surface area contributed by atoms with Gasteiger partial charge in [0, 0.05) is 18.2 Å². The topological polar surface area (TPSA) is 57.5 Å². The first-order valence-corrected chi connectivity index (χ1v) is 3.02. The lowest BCUT2D eigenvalue weighted by Gasteiger charge is -2.30. The fourth-order valence-electron chi connectivity index (χ4n) is 1.04. The SMILES string of the molecule is CC1C(=O)CC1B(O)O. The molecule has 1 saturated carbocycles. The molecule has 0 aliphatic heterocycles. The van der Waals surface area contributed by atoms with Gasteiger partial charge < -0.3 is 10.0 Å². The molecule has 1 fully saturated rings. The Labute approximate surface area is 53.8 Å². The van der Waals surface area contributed by atoms with Crippen LogP contribution >= 0.6 is 0 Å². The molecule has 0 amide bonds. The predicted octanol–water partition coefficient (Wildman–Crippen LogP) is -0.562. The molecule has 2 unspecified atom stereocenters. The molecule has 1 rings (SSSR count). The minimum absolute atomic E-state index is 0.133. The van der Waals surface area contributed by atoms with Gasteiger partial charge in [-0.25, -0.2) is 0 Å². The van der Waals surface area contributed by atoms with E-state index in [1.807, 2.05) is 0 Å². The Morgan fingerprint density at radius 1 is 1.67 bits per heavy atom. The molecular formula is C5H9BO3. The molecule has 2 N–H and O–H groups in total. The first kappa shape index (κ1) is 6.77. The third kappa shape index (κ3) is 0.999. The van der Waals surface area contributed by atoms with Crippen molar-refractivity contribution in [3.05, 3.63) is 0 Å². The zero-order valence-corrected chi connectivity index (χ0v) is 5.24. The molecule has 0 heterocycles. The summed E-state index contributed by atoms with van der Waals surface area (Å²) in [6.45, 7) is 1.72. The first-order chi connectivity index (χ1) is 4.13. The van der Waals surface area contributed by atoms with Crippen LogP contribution in [-0.4, -0.2) is 22.9 Å². The Morgan fingerprint density at radius 3 is 2.33 bits per heavy atom. The Balaban J connectivity index is 2.42. The summed E-state index contributed by atoms with van der Waals surface area (Å²) in [5, 5.41) is 17.1. The third-order valence-electron chi connectivity index (χ3n) is 1.97. The molecule has 0 spiro atoms. The summed E-state index contributed by atoms with van der Waals surface area (Å²) >= 11 is 0. The van der Waals surface area contributed by atoms with Crippen molar-refractivity contribution in [1.82, 2.24) is 0 Å². The zero-order valence-electron chi connectivity index (χ0n) is 5.24. The van der Waals surface area contributed by atoms with E-state index >= 15 is 0 Å². The van der Waals surface area contributed by atoms with Gasteiger partial charge in [0.1, 0.15) is 5.78 Å². The van der Waals surface area contributed by atoms with E-state index in [1.165, 1.54) is 0 Å². The van der Waals surface area contributed by atoms with Crippen LogP contribution in [0.1, 0.15) is 13.3 Å². The normalized spacial score (nSPS) is 33.9. The second-order valence-corrected chi connectivity index (χ2v) is 2.54. The minimum atomic E-state index is -1.31. The van der Waals surface area contributed by atoms with Crippen LogP contribution < -0.4 is 0 Å². The molecule has 4 heteroatoms. The van der Waals surface area contributed by atoms with Gasteiger partial charge in [0.25, 0.3) is 0 Å². The summed E-state index contributed by atoms with van der Waals surface area (Å²) in [5.41, 5.74) is 0. The van der Waals surface area contributed by atoms with Crippen molar-refractivity contribution >= 4 is 12.9 Å². The van der Waals surface area contributed by atoms with Crippen molar-refractivity contribution in [2.45, 2.75) is 19.2 Å². The fraction of sp³-hybridized carbons (Fsp3) is 0.800. The molecule has 1 aliphatic rings. The third-order valence-corrected chi connectivity index (χ3v) is 1.97. The highest BCUT2D eigenvalue weighted by molar-refractivity contribution is 6.45. The lowest BCUT2D eigenvalue weighted by Crippen LogP contribution is -2.40. The highest BCUT2D eigenvalue weighted by Gasteiger charge is 2.42. The fourth-order valence-corrected chi connectivity index (χ4v) is 1.04. The van der Waals surface area contributed by atoms with E-state index < -0.39 is 7.12 Å². The molecule has 0 aromatic heterocycles. The molecule has 1 aliphatic carbocycles. The van der Waals surface area contributed by atoms with Crippen LogP contribution in [0.15, 0.2) is 0 Å². The maximum Gasteiger partial charge on any atom is 0.455 e. The zero-order chi connectivity index (χ0) is 7.02. The second-order valence-electron chi connectivity index (χ2n) is 2.54. The van der Waals surface area contributed by atoms with Crippen molar-refractivity contribution in [2.24, 2.45) is 5.92 Å². The molecule has 9 heavy (non-hydrogen) atoms. The van der Waals surface area contributed by atoms with E-state index in [1.54, 1.807) is 6.92 Å². The molecule has 0 bridgehead atoms. The van der Waals surface area contributed by atoms with Crippen molar-refractivity contribution < 1.29 is 14.8 Å². The largest absolute Gasteiger partial charge is 0.455 e. The molecule has 0 aromatic rings. The van der Waals surface area contributed by atoms with Crippen LogP contribution in [0.5, 0.6) is 0 Å². The van der Waals surface area contributed by atoms with Crippen LogP contribution in [-0.2, 0) is 4.79 Å². The Kier molecular flexibility index (Phi) is 1.59. The van der Waals surface area contributed by atoms with Gasteiger partial charge in [-0.1, -0.05) is 6.92 Å². The van der Waals surface area contributed by atoms with Crippen LogP contribution in [0, 0.1) is 5.92 Å². The number of carbonyl (C=O) groups excluding carboxylic acids is 1. The summed E-state index contributed by atoms with van der Waals surface area (Å²) in [5.74, 6) is -0.226. The smallest absolute Gasteiger partial charge is 0.427 e. The molecular weight excluding hydrogens is 119 g/mol. The van der Waals surface area contributed by atoms with Crippen molar-refractivity contribution in [1.29, 1.82) is 0 Å². The van der Waals surface area contributed by atoms with Gasteiger partial charge in [-0.3, -0.25) is 4.79 Å². The number of Topliss-reactive ketones (excluding diaryl/α,β-unsaturated/α-hetero) is 1. The van der Waals surface area contributed by atoms with Crippen LogP contribution in [0.4, 0.5) is 0 Å². The number of hydrogen-bond donors (Lipinski definition) is 2. The Morgan fingerprint density at radius 2 is 2.22 bits per heavy atom. The van der Waals surface area contributed by atoms with E-state index in [0.717, 1.165) is 0 Å². The molecule has 0 saturated heterocycles. The van der Waals surface area contributed by atoms with Gasteiger partial charge in [-0.15, -0.1) is 0 Å². The number of ketones is 1. The van der Waals surface area contributed by atoms with Gasteiger partial charge in [0.05, 0.1) is 0 Å². The van der Waals surface area contributed by atoms with E-state index in [0.29, 0.717) is 6.42 Å². The van der Waals surface area contributed by atoms with Gasteiger partial charge in [-0.05, 0) is 0 Å². The summed E-state index contributed by atoms with van der Waals surface area (Å²) < 4.78 is 0. The highest BCUT2D eigenvalue weighted by atomic mass is 16.4. The number of rotatable bonds is 1. The summed E-state index contributed by atoms with van der Waals surface area (Å²) in [6, 6.07) is 0. The average molecular weight is 128 g/mol. The van der Waals surface area contributed by atoms with E-state index in [2.05, 4.69) is 0 Å². The monoisotopic (exact) mass is 128 g/mol. The molecule has 2 atom stereocenters. The predicted molar refractivity (Wildman–Crippen MR) is 32.7 cm³/mol. The summed E-state index contributed by atoms with van der Waals surface area (Å²) in [6.07, 6.45) is 0.332. The second kappa shape index (κ2) is 2.12. The van der Waals surface area contributed by atoms with Crippen molar-refractivity contribution in [2.75, 3.05) is 0 Å². The van der Waals surface area contributed by atoms with Gasteiger partial charge in [-0.2, -0.15) is 0 Å². The average Bonchev–Trinajstić information content (AvgIpc) is 1.81. The Bertz CT molecular complexity index is 134. The summed E-state index contributed by atoms with van der Waals surface area (Å²) in [7, 11) is -1.31. The molecule has 3 nitrogen and oxygen atoms in total.